The van der Waals surface area contributed by atoms with Crippen LogP contribution in [0.2, 0.25) is 5.02 Å². The lowest BCUT2D eigenvalue weighted by molar-refractivity contribution is 0.363. The lowest BCUT2D eigenvalue weighted by Gasteiger charge is -2.22. The molecule has 2 heterocycles. The summed E-state index contributed by atoms with van der Waals surface area (Å²) in [6.45, 7) is 4.09. The zero-order valence-electron chi connectivity index (χ0n) is 16.1. The molecular formula is C24H20ClN3O2. The molecule has 4 rings (SSSR count). The average Bonchev–Trinajstić information content (AvgIpc) is 2.80. The van der Waals surface area contributed by atoms with Gasteiger partial charge in [-0.25, -0.2) is 4.98 Å². The molecule has 150 valence electrons. The summed E-state index contributed by atoms with van der Waals surface area (Å²) in [5, 5.41) is 15.6. The van der Waals surface area contributed by atoms with E-state index < -0.39 is 6.04 Å². The molecular weight excluding hydrogens is 398 g/mol. The molecule has 2 aromatic heterocycles. The van der Waals surface area contributed by atoms with Gasteiger partial charge in [-0.2, -0.15) is 0 Å². The van der Waals surface area contributed by atoms with Crippen LogP contribution >= 0.6 is 11.6 Å². The molecule has 0 aliphatic rings. The molecule has 0 aliphatic carbocycles. The van der Waals surface area contributed by atoms with Gasteiger partial charge < -0.3 is 15.2 Å². The van der Waals surface area contributed by atoms with Gasteiger partial charge in [0, 0.05) is 23.3 Å². The fourth-order valence-electron chi connectivity index (χ4n) is 3.27. The van der Waals surface area contributed by atoms with Crippen LogP contribution in [0.25, 0.3) is 10.9 Å². The number of phenols is 1. The Bertz CT molecular complexity index is 1160. The number of nitrogens with zero attached hydrogens (tertiary/aromatic N) is 2. The maximum absolute atomic E-state index is 11.0. The molecule has 0 saturated carbocycles. The van der Waals surface area contributed by atoms with Crippen molar-refractivity contribution in [1.82, 2.24) is 9.97 Å². The number of hydrogen-bond donors (Lipinski definition) is 2. The highest BCUT2D eigenvalue weighted by molar-refractivity contribution is 6.35. The van der Waals surface area contributed by atoms with Gasteiger partial charge in [-0.15, -0.1) is 0 Å². The van der Waals surface area contributed by atoms with Crippen molar-refractivity contribution in [1.29, 1.82) is 0 Å². The van der Waals surface area contributed by atoms with E-state index in [4.69, 9.17) is 16.3 Å². The Labute approximate surface area is 179 Å². The summed E-state index contributed by atoms with van der Waals surface area (Å²) in [6, 6.07) is 18.2. The summed E-state index contributed by atoms with van der Waals surface area (Å²) in [6.07, 6.45) is 5.04. The molecule has 0 saturated heterocycles. The van der Waals surface area contributed by atoms with Crippen LogP contribution < -0.4 is 10.1 Å². The van der Waals surface area contributed by atoms with Gasteiger partial charge in [-0.05, 0) is 48.0 Å². The van der Waals surface area contributed by atoms with Crippen molar-refractivity contribution in [3.63, 3.8) is 0 Å². The highest BCUT2D eigenvalue weighted by Gasteiger charge is 2.22. The number of rotatable bonds is 7. The zero-order valence-corrected chi connectivity index (χ0v) is 16.9. The van der Waals surface area contributed by atoms with Crippen molar-refractivity contribution in [3.8, 4) is 11.5 Å². The number of nitrogens with one attached hydrogen (secondary N) is 1. The summed E-state index contributed by atoms with van der Waals surface area (Å²) < 4.78 is 5.58. The Morgan fingerprint density at radius 2 is 1.87 bits per heavy atom. The molecule has 2 N–H and O–H groups in total. The van der Waals surface area contributed by atoms with Crippen LogP contribution in [0.5, 0.6) is 11.5 Å². The maximum atomic E-state index is 11.0. The SMILES string of the molecule is C=CCOc1ccc(C(Nc2ccccn2)c2cc(Cl)c3cccnc3c2O)cc1. The molecule has 6 heteroatoms. The van der Waals surface area contributed by atoms with E-state index in [1.54, 1.807) is 30.6 Å². The zero-order chi connectivity index (χ0) is 20.9. The minimum absolute atomic E-state index is 0.0791. The van der Waals surface area contributed by atoms with E-state index in [0.717, 1.165) is 11.3 Å². The summed E-state index contributed by atoms with van der Waals surface area (Å²) in [4.78, 5) is 8.69. The molecule has 1 unspecified atom stereocenters. The molecule has 30 heavy (non-hydrogen) atoms. The third-order valence-corrected chi connectivity index (χ3v) is 5.01. The summed E-state index contributed by atoms with van der Waals surface area (Å²) in [7, 11) is 0. The van der Waals surface area contributed by atoms with Crippen LogP contribution in [0.4, 0.5) is 5.82 Å². The Hall–Kier alpha value is -3.57. The van der Waals surface area contributed by atoms with E-state index in [-0.39, 0.29) is 5.75 Å². The van der Waals surface area contributed by atoms with Crippen molar-refractivity contribution in [2.24, 2.45) is 0 Å². The quantitative estimate of drug-likeness (QED) is 0.374. The second-order valence-electron chi connectivity index (χ2n) is 6.66. The normalized spacial score (nSPS) is 11.8. The fourth-order valence-corrected chi connectivity index (χ4v) is 3.54. The molecule has 0 amide bonds. The number of hydrogen-bond acceptors (Lipinski definition) is 5. The van der Waals surface area contributed by atoms with Crippen LogP contribution in [0.1, 0.15) is 17.2 Å². The first-order chi connectivity index (χ1) is 14.7. The van der Waals surface area contributed by atoms with Gasteiger partial charge in [0.1, 0.15) is 29.4 Å². The monoisotopic (exact) mass is 417 g/mol. The van der Waals surface area contributed by atoms with Crippen LogP contribution in [-0.2, 0) is 0 Å². The lowest BCUT2D eigenvalue weighted by Crippen LogP contribution is -2.14. The van der Waals surface area contributed by atoms with Crippen LogP contribution in [0.15, 0.2) is 85.7 Å². The van der Waals surface area contributed by atoms with E-state index in [0.29, 0.717) is 33.9 Å². The topological polar surface area (TPSA) is 67.3 Å². The third-order valence-electron chi connectivity index (χ3n) is 4.69. The van der Waals surface area contributed by atoms with Crippen LogP contribution in [-0.4, -0.2) is 21.7 Å². The van der Waals surface area contributed by atoms with E-state index in [1.807, 2.05) is 48.5 Å². The molecule has 1 atom stereocenters. The number of benzene rings is 2. The predicted octanol–water partition coefficient (Wildman–Crippen LogP) is 5.76. The highest BCUT2D eigenvalue weighted by atomic mass is 35.5. The second-order valence-corrected chi connectivity index (χ2v) is 7.06. The van der Waals surface area contributed by atoms with Crippen LogP contribution in [0.3, 0.4) is 0 Å². The Kier molecular flexibility index (Phi) is 5.82. The first-order valence-electron chi connectivity index (χ1n) is 9.44. The Morgan fingerprint density at radius 1 is 1.07 bits per heavy atom. The Morgan fingerprint density at radius 3 is 2.60 bits per heavy atom. The van der Waals surface area contributed by atoms with Crippen molar-refractivity contribution >= 4 is 28.3 Å². The maximum Gasteiger partial charge on any atom is 0.147 e. The largest absolute Gasteiger partial charge is 0.505 e. The molecule has 0 fully saturated rings. The molecule has 5 nitrogen and oxygen atoms in total. The lowest BCUT2D eigenvalue weighted by atomic mass is 9.96. The summed E-state index contributed by atoms with van der Waals surface area (Å²) >= 11 is 6.53. The highest BCUT2D eigenvalue weighted by Crippen LogP contribution is 2.39. The molecule has 2 aromatic carbocycles. The van der Waals surface area contributed by atoms with Crippen LogP contribution in [0, 0.1) is 0 Å². The molecule has 0 aliphatic heterocycles. The first kappa shape index (κ1) is 19.7. The van der Waals surface area contributed by atoms with Crippen molar-refractivity contribution < 1.29 is 9.84 Å². The standard InChI is InChI=1S/C24H20ClN3O2/c1-2-14-30-17-10-8-16(9-11-17)22(28-21-7-3-4-12-26-21)19-15-20(25)18-6-5-13-27-23(18)24(19)29/h2-13,15,22,29H,1,14H2,(H,26,28). The van der Waals surface area contributed by atoms with Gasteiger partial charge in [0.05, 0.1) is 11.1 Å². The molecule has 0 bridgehead atoms. The number of phenolic OH excluding ortho intramolecular Hbond substituents is 1. The summed E-state index contributed by atoms with van der Waals surface area (Å²) in [5.74, 6) is 1.49. The first-order valence-corrected chi connectivity index (χ1v) is 9.82. The third kappa shape index (κ3) is 4.07. The smallest absolute Gasteiger partial charge is 0.147 e. The minimum Gasteiger partial charge on any atom is -0.505 e. The van der Waals surface area contributed by atoms with Crippen molar-refractivity contribution in [2.75, 3.05) is 11.9 Å². The molecule has 0 spiro atoms. The van der Waals surface area contributed by atoms with Gasteiger partial charge in [0.25, 0.3) is 0 Å². The Balaban J connectivity index is 1.81. The summed E-state index contributed by atoms with van der Waals surface area (Å²) in [5.41, 5.74) is 1.98. The van der Waals surface area contributed by atoms with E-state index in [2.05, 4.69) is 21.9 Å². The van der Waals surface area contributed by atoms with Gasteiger partial charge >= 0.3 is 0 Å². The van der Waals surface area contributed by atoms with Gasteiger partial charge in [0.2, 0.25) is 0 Å². The molecule has 4 aromatic rings. The van der Waals surface area contributed by atoms with E-state index in [9.17, 15) is 5.11 Å². The average molecular weight is 418 g/mol. The number of halogens is 1. The number of anilines is 1. The van der Waals surface area contributed by atoms with Gasteiger partial charge in [-0.3, -0.25) is 4.98 Å². The number of aromatic hydroxyl groups is 1. The van der Waals surface area contributed by atoms with E-state index in [1.165, 1.54) is 0 Å². The van der Waals surface area contributed by atoms with Crippen molar-refractivity contribution in [3.05, 3.63) is 102 Å². The minimum atomic E-state index is -0.405. The number of pyridine rings is 2. The predicted molar refractivity (Wildman–Crippen MR) is 120 cm³/mol. The fraction of sp³-hybridized carbons (Fsp3) is 0.0833. The van der Waals surface area contributed by atoms with E-state index >= 15 is 0 Å². The van der Waals surface area contributed by atoms with Crippen molar-refractivity contribution in [2.45, 2.75) is 6.04 Å². The number of aromatic nitrogens is 2. The number of ether oxygens (including phenoxy) is 1. The number of fused-ring (bicyclic) bond motifs is 1. The second kappa shape index (κ2) is 8.84. The van der Waals surface area contributed by atoms with Gasteiger partial charge in [-0.1, -0.05) is 42.5 Å². The van der Waals surface area contributed by atoms with Gasteiger partial charge in [0.15, 0.2) is 0 Å². The molecule has 0 radical (unpaired) electrons.